The summed E-state index contributed by atoms with van der Waals surface area (Å²) in [5.74, 6) is -3.18. The van der Waals surface area contributed by atoms with Gasteiger partial charge in [0.15, 0.2) is 6.35 Å². The van der Waals surface area contributed by atoms with Crippen molar-refractivity contribution in [2.75, 3.05) is 6.35 Å². The van der Waals surface area contributed by atoms with Crippen LogP contribution in [0.2, 0.25) is 0 Å². The van der Waals surface area contributed by atoms with Crippen molar-refractivity contribution in [3.63, 3.8) is 0 Å². The van der Waals surface area contributed by atoms with E-state index in [1.54, 1.807) is 0 Å². The van der Waals surface area contributed by atoms with Crippen molar-refractivity contribution in [1.29, 1.82) is 0 Å². The number of rotatable bonds is 4. The molecule has 0 aliphatic heterocycles. The highest BCUT2D eigenvalue weighted by atomic mass is 31.2. The molecule has 0 rings (SSSR count). The highest BCUT2D eigenvalue weighted by molar-refractivity contribution is 7.51. The molecule has 0 saturated carbocycles. The molecule has 0 atom stereocenters. The van der Waals surface area contributed by atoms with Crippen molar-refractivity contribution < 1.29 is 41.0 Å². The summed E-state index contributed by atoms with van der Waals surface area (Å²) in [6.07, 6.45) is -10.2. The smallest absolute Gasteiger partial charge is 0.323 e. The summed E-state index contributed by atoms with van der Waals surface area (Å²) >= 11 is 0. The van der Waals surface area contributed by atoms with Gasteiger partial charge in [-0.15, -0.1) is 0 Å². The van der Waals surface area contributed by atoms with Crippen LogP contribution < -0.4 is 0 Å². The molecule has 0 aliphatic rings. The normalized spacial score (nSPS) is 12.8. The van der Waals surface area contributed by atoms with Gasteiger partial charge in [0.2, 0.25) is 0 Å². The summed E-state index contributed by atoms with van der Waals surface area (Å²) in [5.41, 5.74) is 0. The molecule has 0 fully saturated rings. The van der Waals surface area contributed by atoms with Crippen LogP contribution in [0.3, 0.4) is 0 Å². The molecular formula is C4H4F5O4P. The highest BCUT2D eigenvalue weighted by Crippen LogP contribution is 2.39. The lowest BCUT2D eigenvalue weighted by Gasteiger charge is -2.14. The molecule has 10 heteroatoms. The number of ether oxygens (including phenoxy) is 1. The molecule has 2 N–H and O–H groups in total. The molecule has 0 aromatic rings. The van der Waals surface area contributed by atoms with Gasteiger partial charge in [-0.05, 0) is 0 Å². The highest BCUT2D eigenvalue weighted by Gasteiger charge is 2.42. The van der Waals surface area contributed by atoms with Gasteiger partial charge in [-0.1, -0.05) is 0 Å². The molecule has 0 amide bonds. The summed E-state index contributed by atoms with van der Waals surface area (Å²) in [4.78, 5) is 16.1. The van der Waals surface area contributed by atoms with Crippen molar-refractivity contribution >= 4 is 7.60 Å². The molecule has 84 valence electrons. The number of hydrogen-bond donors (Lipinski definition) is 2. The monoisotopic (exact) mass is 242 g/mol. The Morgan fingerprint density at radius 3 is 2.00 bits per heavy atom. The fourth-order valence-corrected chi connectivity index (χ4v) is 0.669. The Kier molecular flexibility index (Phi) is 4.19. The zero-order valence-electron chi connectivity index (χ0n) is 6.26. The van der Waals surface area contributed by atoms with Crippen LogP contribution in [-0.2, 0) is 9.30 Å². The van der Waals surface area contributed by atoms with E-state index in [2.05, 4.69) is 4.74 Å². The maximum absolute atomic E-state index is 12.1. The fraction of sp³-hybridized carbons (Fsp3) is 0.500. The first kappa shape index (κ1) is 13.5. The summed E-state index contributed by atoms with van der Waals surface area (Å²) < 4.78 is 71.7. The summed E-state index contributed by atoms with van der Waals surface area (Å²) in [7, 11) is -4.97. The lowest BCUT2D eigenvalue weighted by Crippen LogP contribution is -2.23. The van der Waals surface area contributed by atoms with Crippen molar-refractivity contribution in [2.24, 2.45) is 0 Å². The van der Waals surface area contributed by atoms with Crippen LogP contribution in [0.25, 0.3) is 0 Å². The summed E-state index contributed by atoms with van der Waals surface area (Å²) in [6, 6.07) is 0. The molecular weight excluding hydrogens is 238 g/mol. The first-order valence-electron chi connectivity index (χ1n) is 2.84. The molecule has 0 spiro atoms. The first-order chi connectivity index (χ1) is 6.06. The third-order valence-corrected chi connectivity index (χ3v) is 1.30. The largest absolute Gasteiger partial charge is 0.415 e. The second-order valence-electron chi connectivity index (χ2n) is 2.03. The molecule has 0 saturated heterocycles. The van der Waals surface area contributed by atoms with E-state index in [1.807, 2.05) is 0 Å². The topological polar surface area (TPSA) is 66.8 Å². The van der Waals surface area contributed by atoms with Gasteiger partial charge in [-0.3, -0.25) is 4.57 Å². The molecule has 14 heavy (non-hydrogen) atoms. The van der Waals surface area contributed by atoms with E-state index in [4.69, 9.17) is 9.79 Å². The fourth-order valence-electron chi connectivity index (χ4n) is 0.339. The third kappa shape index (κ3) is 4.66. The number of hydrogen-bond acceptors (Lipinski definition) is 2. The van der Waals surface area contributed by atoms with Gasteiger partial charge in [0.1, 0.15) is 0 Å². The number of halogens is 5. The SMILES string of the molecule is O=P(O)(O)COC(F)(F)C(F)=C(F)F. The van der Waals surface area contributed by atoms with Crippen LogP contribution in [0, 0.1) is 0 Å². The molecule has 0 aromatic carbocycles. The number of alkyl halides is 2. The Morgan fingerprint density at radius 1 is 1.29 bits per heavy atom. The summed E-state index contributed by atoms with van der Waals surface area (Å²) in [5, 5.41) is 0. The molecule has 0 aliphatic carbocycles. The molecule has 0 unspecified atom stereocenters. The van der Waals surface area contributed by atoms with E-state index in [9.17, 15) is 26.5 Å². The summed E-state index contributed by atoms with van der Waals surface area (Å²) in [6.45, 7) is 0. The van der Waals surface area contributed by atoms with Crippen molar-refractivity contribution in [3.8, 4) is 0 Å². The molecule has 4 nitrogen and oxygen atoms in total. The second kappa shape index (κ2) is 4.35. The van der Waals surface area contributed by atoms with Gasteiger partial charge in [-0.2, -0.15) is 22.0 Å². The minimum atomic E-state index is -5.04. The van der Waals surface area contributed by atoms with Crippen LogP contribution >= 0.6 is 7.60 Å². The van der Waals surface area contributed by atoms with E-state index in [0.29, 0.717) is 0 Å². The first-order valence-corrected chi connectivity index (χ1v) is 4.63. The van der Waals surface area contributed by atoms with Crippen molar-refractivity contribution in [3.05, 3.63) is 11.9 Å². The van der Waals surface area contributed by atoms with E-state index in [-0.39, 0.29) is 0 Å². The van der Waals surface area contributed by atoms with Crippen LogP contribution in [0.1, 0.15) is 0 Å². The van der Waals surface area contributed by atoms with Crippen molar-refractivity contribution in [1.82, 2.24) is 0 Å². The van der Waals surface area contributed by atoms with Gasteiger partial charge in [0.25, 0.3) is 5.83 Å². The van der Waals surface area contributed by atoms with E-state index in [0.717, 1.165) is 0 Å². The zero-order valence-corrected chi connectivity index (χ0v) is 7.15. The maximum Gasteiger partial charge on any atom is 0.415 e. The van der Waals surface area contributed by atoms with Crippen LogP contribution in [-0.4, -0.2) is 22.2 Å². The minimum absolute atomic E-state index is 1.86. The lowest BCUT2D eigenvalue weighted by atomic mass is 10.5. The molecule has 0 aromatic heterocycles. The van der Waals surface area contributed by atoms with Gasteiger partial charge in [0.05, 0.1) is 0 Å². The van der Waals surface area contributed by atoms with Gasteiger partial charge >= 0.3 is 19.8 Å². The van der Waals surface area contributed by atoms with Crippen LogP contribution in [0.4, 0.5) is 22.0 Å². The van der Waals surface area contributed by atoms with Crippen LogP contribution in [0.15, 0.2) is 11.9 Å². The van der Waals surface area contributed by atoms with E-state index in [1.165, 1.54) is 0 Å². The second-order valence-corrected chi connectivity index (χ2v) is 3.62. The van der Waals surface area contributed by atoms with Crippen molar-refractivity contribution in [2.45, 2.75) is 6.11 Å². The van der Waals surface area contributed by atoms with E-state index < -0.39 is 32.0 Å². The average Bonchev–Trinajstić information content (AvgIpc) is 1.98. The van der Waals surface area contributed by atoms with Crippen LogP contribution in [0.5, 0.6) is 0 Å². The van der Waals surface area contributed by atoms with Gasteiger partial charge < -0.3 is 14.5 Å². The quantitative estimate of drug-likeness (QED) is 0.582. The van der Waals surface area contributed by atoms with Gasteiger partial charge in [-0.25, -0.2) is 0 Å². The predicted molar refractivity (Wildman–Crippen MR) is 33.3 cm³/mol. The third-order valence-electron chi connectivity index (χ3n) is 0.835. The molecule has 0 heterocycles. The lowest BCUT2D eigenvalue weighted by molar-refractivity contribution is -0.213. The minimum Gasteiger partial charge on any atom is -0.323 e. The Morgan fingerprint density at radius 2 is 1.71 bits per heavy atom. The predicted octanol–water partition coefficient (Wildman–Crippen LogP) is 1.81. The van der Waals surface area contributed by atoms with Gasteiger partial charge in [0, 0.05) is 0 Å². The molecule has 0 bridgehead atoms. The average molecular weight is 242 g/mol. The maximum atomic E-state index is 12.1. The standard InChI is InChI=1S/C4H4F5O4P/c5-2(3(6)7)4(8,9)13-1-14(10,11)12/h1H2,(H2,10,11,12). The molecule has 0 radical (unpaired) electrons. The zero-order chi connectivity index (χ0) is 11.6. The Hall–Kier alpha value is -0.500. The Bertz CT molecular complexity index is 279. The Balaban J connectivity index is 4.52. The Labute approximate surface area is 74.1 Å². The van der Waals surface area contributed by atoms with E-state index >= 15 is 0 Å².